The van der Waals surface area contributed by atoms with Crippen molar-refractivity contribution in [2.45, 2.75) is 38.1 Å². The van der Waals surface area contributed by atoms with Crippen LogP contribution in [0.15, 0.2) is 30.5 Å². The highest BCUT2D eigenvalue weighted by Crippen LogP contribution is 2.59. The number of carbonyl (C=O) groups excluding carboxylic acids is 1. The topological polar surface area (TPSA) is 61.0 Å². The molecule has 1 amide bonds. The van der Waals surface area contributed by atoms with Gasteiger partial charge in [0.15, 0.2) is 0 Å². The van der Waals surface area contributed by atoms with Crippen molar-refractivity contribution >= 4 is 42.3 Å². The van der Waals surface area contributed by atoms with Crippen molar-refractivity contribution in [3.05, 3.63) is 41.3 Å². The maximum absolute atomic E-state index is 13.2. The van der Waals surface area contributed by atoms with Crippen LogP contribution in [0, 0.1) is 11.3 Å². The number of H-pyrrole nitrogens is 1. The summed E-state index contributed by atoms with van der Waals surface area (Å²) in [7, 11) is 0. The third-order valence-corrected chi connectivity index (χ3v) is 6.94. The SMILES string of the molecule is Cl.Cl.O=C(C1CC12CCNCC2)N1CCCC1c1ncc(-c2ccc(Cl)cc2)[nH]1. The first-order valence-corrected chi connectivity index (χ1v) is 10.4. The van der Waals surface area contributed by atoms with E-state index in [2.05, 4.69) is 20.2 Å². The standard InChI is InChI=1S/C21H25ClN4O.2ClH/c22-15-5-3-14(4-6-15)17-13-24-19(25-17)18-2-1-11-26(18)20(27)16-12-21(16)7-9-23-10-8-21;;/h3-6,13,16,18,23H,1-2,7-12H2,(H,24,25);2*1H. The number of hydrogen-bond acceptors (Lipinski definition) is 3. The summed E-state index contributed by atoms with van der Waals surface area (Å²) in [5.41, 5.74) is 2.32. The second-order valence-corrected chi connectivity index (χ2v) is 8.68. The molecule has 1 aromatic carbocycles. The third-order valence-electron chi connectivity index (χ3n) is 6.69. The van der Waals surface area contributed by atoms with E-state index in [1.165, 1.54) is 0 Å². The van der Waals surface area contributed by atoms with Crippen LogP contribution in [0.1, 0.15) is 44.0 Å². The van der Waals surface area contributed by atoms with Gasteiger partial charge < -0.3 is 15.2 Å². The molecule has 1 aliphatic carbocycles. The van der Waals surface area contributed by atoms with Crippen LogP contribution in [-0.2, 0) is 4.79 Å². The molecule has 3 fully saturated rings. The summed E-state index contributed by atoms with van der Waals surface area (Å²) in [5, 5.41) is 4.14. The lowest BCUT2D eigenvalue weighted by Crippen LogP contribution is -2.36. The Morgan fingerprint density at radius 2 is 1.90 bits per heavy atom. The first kappa shape index (κ1) is 22.4. The van der Waals surface area contributed by atoms with E-state index >= 15 is 0 Å². The summed E-state index contributed by atoms with van der Waals surface area (Å²) >= 11 is 5.99. The fraction of sp³-hybridized carbons (Fsp3) is 0.524. The maximum atomic E-state index is 13.2. The number of likely N-dealkylation sites (tertiary alicyclic amines) is 1. The predicted octanol–water partition coefficient (Wildman–Crippen LogP) is 4.63. The van der Waals surface area contributed by atoms with E-state index in [0.717, 1.165) is 73.8 Å². The summed E-state index contributed by atoms with van der Waals surface area (Å²) in [5.74, 6) is 1.49. The summed E-state index contributed by atoms with van der Waals surface area (Å²) < 4.78 is 0. The molecule has 2 atom stereocenters. The highest BCUT2D eigenvalue weighted by atomic mass is 35.5. The molecule has 2 unspecified atom stereocenters. The van der Waals surface area contributed by atoms with E-state index in [4.69, 9.17) is 11.6 Å². The Bertz CT molecular complexity index is 848. The first-order valence-electron chi connectivity index (χ1n) is 9.98. The highest BCUT2D eigenvalue weighted by Gasteiger charge is 2.59. The van der Waals surface area contributed by atoms with Crippen LogP contribution in [0.25, 0.3) is 11.3 Å². The first-order chi connectivity index (χ1) is 13.2. The number of rotatable bonds is 3. The van der Waals surface area contributed by atoms with Crippen LogP contribution in [0.2, 0.25) is 5.02 Å². The Balaban J connectivity index is 0.00000120. The molecule has 8 heteroatoms. The van der Waals surface area contributed by atoms with E-state index in [-0.39, 0.29) is 42.2 Å². The quantitative estimate of drug-likeness (QED) is 0.706. The highest BCUT2D eigenvalue weighted by molar-refractivity contribution is 6.30. The van der Waals surface area contributed by atoms with Gasteiger partial charge in [-0.1, -0.05) is 23.7 Å². The molecule has 158 valence electrons. The molecular weight excluding hydrogens is 431 g/mol. The van der Waals surface area contributed by atoms with Crippen LogP contribution >= 0.6 is 36.4 Å². The zero-order chi connectivity index (χ0) is 18.4. The number of imidazole rings is 1. The largest absolute Gasteiger partial charge is 0.340 e. The summed E-state index contributed by atoms with van der Waals surface area (Å²) in [6, 6.07) is 7.82. The molecule has 0 radical (unpaired) electrons. The van der Waals surface area contributed by atoms with Gasteiger partial charge in [-0.25, -0.2) is 4.98 Å². The minimum absolute atomic E-state index is 0. The van der Waals surface area contributed by atoms with Gasteiger partial charge in [-0.05, 0) is 68.3 Å². The number of hydrogen-bond donors (Lipinski definition) is 2. The number of aromatic amines is 1. The van der Waals surface area contributed by atoms with E-state index in [1.807, 2.05) is 30.5 Å². The van der Waals surface area contributed by atoms with Crippen molar-refractivity contribution in [1.82, 2.24) is 20.2 Å². The molecule has 2 aromatic rings. The van der Waals surface area contributed by atoms with Crippen molar-refractivity contribution in [3.8, 4) is 11.3 Å². The lowest BCUT2D eigenvalue weighted by Gasteiger charge is -2.27. The Morgan fingerprint density at radius 1 is 1.17 bits per heavy atom. The van der Waals surface area contributed by atoms with Crippen LogP contribution in [0.4, 0.5) is 0 Å². The molecule has 1 spiro atoms. The minimum Gasteiger partial charge on any atom is -0.340 e. The van der Waals surface area contributed by atoms with Crippen LogP contribution in [-0.4, -0.2) is 40.4 Å². The van der Waals surface area contributed by atoms with Crippen molar-refractivity contribution < 1.29 is 4.79 Å². The average Bonchev–Trinajstić information content (AvgIpc) is 3.09. The van der Waals surface area contributed by atoms with Crippen LogP contribution in [0.5, 0.6) is 0 Å². The van der Waals surface area contributed by atoms with Crippen LogP contribution < -0.4 is 5.32 Å². The zero-order valence-electron chi connectivity index (χ0n) is 16.2. The van der Waals surface area contributed by atoms with E-state index < -0.39 is 0 Å². The van der Waals surface area contributed by atoms with E-state index in [9.17, 15) is 4.79 Å². The van der Waals surface area contributed by atoms with Crippen molar-refractivity contribution in [2.24, 2.45) is 11.3 Å². The second-order valence-electron chi connectivity index (χ2n) is 8.25. The Kier molecular flexibility index (Phi) is 6.84. The molecule has 2 aliphatic heterocycles. The monoisotopic (exact) mass is 456 g/mol. The van der Waals surface area contributed by atoms with Gasteiger partial charge in [0.1, 0.15) is 5.82 Å². The predicted molar refractivity (Wildman–Crippen MR) is 120 cm³/mol. The Morgan fingerprint density at radius 3 is 2.62 bits per heavy atom. The lowest BCUT2D eigenvalue weighted by atomic mass is 9.91. The maximum Gasteiger partial charge on any atom is 0.226 e. The number of halogens is 3. The number of nitrogens with one attached hydrogen (secondary N) is 2. The van der Waals surface area contributed by atoms with Crippen molar-refractivity contribution in [2.75, 3.05) is 19.6 Å². The Hall–Kier alpha value is -1.27. The van der Waals surface area contributed by atoms with Crippen molar-refractivity contribution in [1.29, 1.82) is 0 Å². The molecular formula is C21H27Cl3N4O. The molecule has 3 heterocycles. The van der Waals surface area contributed by atoms with Gasteiger partial charge >= 0.3 is 0 Å². The smallest absolute Gasteiger partial charge is 0.226 e. The number of benzene rings is 1. The normalized spacial score (nSPS) is 24.7. The van der Waals surface area contributed by atoms with E-state index in [1.54, 1.807) is 0 Å². The second kappa shape index (κ2) is 8.84. The van der Waals surface area contributed by atoms with Gasteiger partial charge in [-0.3, -0.25) is 4.79 Å². The number of carbonyl (C=O) groups is 1. The molecule has 2 N–H and O–H groups in total. The number of amides is 1. The van der Waals surface area contributed by atoms with Gasteiger partial charge in [0.25, 0.3) is 0 Å². The van der Waals surface area contributed by atoms with Gasteiger partial charge in [0, 0.05) is 17.5 Å². The number of piperidine rings is 1. The number of nitrogens with zero attached hydrogens (tertiary/aromatic N) is 2. The minimum atomic E-state index is 0. The zero-order valence-corrected chi connectivity index (χ0v) is 18.6. The molecule has 29 heavy (non-hydrogen) atoms. The van der Waals surface area contributed by atoms with E-state index in [0.29, 0.717) is 5.91 Å². The average molecular weight is 458 g/mol. The molecule has 1 saturated carbocycles. The molecule has 5 rings (SSSR count). The summed E-state index contributed by atoms with van der Waals surface area (Å²) in [6.45, 7) is 2.96. The molecule has 5 nitrogen and oxygen atoms in total. The number of aromatic nitrogens is 2. The van der Waals surface area contributed by atoms with Gasteiger partial charge in [0.2, 0.25) is 5.91 Å². The third kappa shape index (κ3) is 4.15. The van der Waals surface area contributed by atoms with Crippen molar-refractivity contribution in [3.63, 3.8) is 0 Å². The molecule has 0 bridgehead atoms. The van der Waals surface area contributed by atoms with Gasteiger partial charge in [-0.2, -0.15) is 0 Å². The lowest BCUT2D eigenvalue weighted by molar-refractivity contribution is -0.134. The molecule has 2 saturated heterocycles. The molecule has 1 aromatic heterocycles. The van der Waals surface area contributed by atoms with Gasteiger partial charge in [0.05, 0.1) is 17.9 Å². The molecule has 3 aliphatic rings. The summed E-state index contributed by atoms with van der Waals surface area (Å²) in [4.78, 5) is 23.4. The Labute approximate surface area is 188 Å². The van der Waals surface area contributed by atoms with Crippen LogP contribution in [0.3, 0.4) is 0 Å². The van der Waals surface area contributed by atoms with Gasteiger partial charge in [-0.15, -0.1) is 24.8 Å². The fourth-order valence-corrected chi connectivity index (χ4v) is 5.10. The summed E-state index contributed by atoms with van der Waals surface area (Å²) in [6.07, 6.45) is 7.26. The fourth-order valence-electron chi connectivity index (χ4n) is 4.97.